The van der Waals surface area contributed by atoms with Crippen molar-refractivity contribution >= 4 is 27.5 Å². The molecule has 0 aromatic heterocycles. The first-order valence-electron chi connectivity index (χ1n) is 6.40. The summed E-state index contributed by atoms with van der Waals surface area (Å²) in [6, 6.07) is 5.97. The molecular weight excluding hydrogens is 306 g/mol. The summed E-state index contributed by atoms with van der Waals surface area (Å²) in [5.41, 5.74) is 2.12. The van der Waals surface area contributed by atoms with Crippen LogP contribution in [0.25, 0.3) is 0 Å². The third-order valence-electron chi connectivity index (χ3n) is 2.73. The smallest absolute Gasteiger partial charge is 0.239 e. The SMILES string of the molecule is Cc1ccc(NCC(=O)NCCCN(C)C)cc1Br. The second-order valence-corrected chi connectivity index (χ2v) is 5.68. The first-order chi connectivity index (χ1) is 8.99. The number of aryl methyl sites for hydroxylation is 1. The number of benzene rings is 1. The topological polar surface area (TPSA) is 44.4 Å². The van der Waals surface area contributed by atoms with E-state index < -0.39 is 0 Å². The third kappa shape index (κ3) is 6.59. The molecule has 1 aromatic rings. The van der Waals surface area contributed by atoms with Crippen LogP contribution in [0, 0.1) is 6.92 Å². The summed E-state index contributed by atoms with van der Waals surface area (Å²) >= 11 is 3.47. The van der Waals surface area contributed by atoms with Gasteiger partial charge in [0.15, 0.2) is 0 Å². The maximum atomic E-state index is 11.6. The van der Waals surface area contributed by atoms with Crippen LogP contribution in [0.3, 0.4) is 0 Å². The summed E-state index contributed by atoms with van der Waals surface area (Å²) in [5, 5.41) is 6.00. The van der Waals surface area contributed by atoms with Gasteiger partial charge in [0.1, 0.15) is 0 Å². The summed E-state index contributed by atoms with van der Waals surface area (Å²) in [5.74, 6) is 0.0236. The number of anilines is 1. The Labute approximate surface area is 123 Å². The fourth-order valence-electron chi connectivity index (χ4n) is 1.57. The molecule has 0 aliphatic heterocycles. The second kappa shape index (κ2) is 8.17. The predicted molar refractivity (Wildman–Crippen MR) is 83.5 cm³/mol. The summed E-state index contributed by atoms with van der Waals surface area (Å²) < 4.78 is 1.05. The molecular formula is C14H22BrN3O. The van der Waals surface area contributed by atoms with Gasteiger partial charge >= 0.3 is 0 Å². The molecule has 0 atom stereocenters. The molecule has 1 rings (SSSR count). The summed E-state index contributed by atoms with van der Waals surface area (Å²) in [7, 11) is 4.05. The Morgan fingerprint density at radius 1 is 1.37 bits per heavy atom. The lowest BCUT2D eigenvalue weighted by atomic mass is 10.2. The number of hydrogen-bond donors (Lipinski definition) is 2. The van der Waals surface area contributed by atoms with Gasteiger partial charge in [-0.3, -0.25) is 4.79 Å². The molecule has 0 unspecified atom stereocenters. The Bertz CT molecular complexity index is 421. The van der Waals surface area contributed by atoms with Crippen molar-refractivity contribution < 1.29 is 4.79 Å². The van der Waals surface area contributed by atoms with E-state index in [4.69, 9.17) is 0 Å². The van der Waals surface area contributed by atoms with Gasteiger partial charge in [0.05, 0.1) is 6.54 Å². The average Bonchev–Trinajstić information content (AvgIpc) is 2.36. The van der Waals surface area contributed by atoms with E-state index in [1.54, 1.807) is 0 Å². The molecule has 1 aromatic carbocycles. The highest BCUT2D eigenvalue weighted by molar-refractivity contribution is 9.10. The highest BCUT2D eigenvalue weighted by Crippen LogP contribution is 2.20. The van der Waals surface area contributed by atoms with Gasteiger partial charge in [0.25, 0.3) is 0 Å². The van der Waals surface area contributed by atoms with Gasteiger partial charge in [-0.25, -0.2) is 0 Å². The molecule has 5 heteroatoms. The van der Waals surface area contributed by atoms with Gasteiger partial charge < -0.3 is 15.5 Å². The minimum atomic E-state index is 0.0236. The number of nitrogens with one attached hydrogen (secondary N) is 2. The van der Waals surface area contributed by atoms with Crippen molar-refractivity contribution in [3.63, 3.8) is 0 Å². The van der Waals surface area contributed by atoms with Crippen LogP contribution < -0.4 is 10.6 Å². The minimum absolute atomic E-state index is 0.0236. The standard InChI is InChI=1S/C14H22BrN3O/c1-11-5-6-12(9-13(11)15)17-10-14(19)16-7-4-8-18(2)3/h5-6,9,17H,4,7-8,10H2,1-3H3,(H,16,19). The van der Waals surface area contributed by atoms with Crippen molar-refractivity contribution in [2.75, 3.05) is 39.0 Å². The van der Waals surface area contributed by atoms with Gasteiger partial charge in [-0.2, -0.15) is 0 Å². The summed E-state index contributed by atoms with van der Waals surface area (Å²) in [4.78, 5) is 13.7. The van der Waals surface area contributed by atoms with E-state index in [-0.39, 0.29) is 5.91 Å². The Morgan fingerprint density at radius 2 is 2.11 bits per heavy atom. The van der Waals surface area contributed by atoms with Crippen LogP contribution in [0.1, 0.15) is 12.0 Å². The molecule has 0 saturated carbocycles. The Kier molecular flexibility index (Phi) is 6.87. The van der Waals surface area contributed by atoms with Crippen LogP contribution in [-0.4, -0.2) is 44.5 Å². The van der Waals surface area contributed by atoms with E-state index in [0.717, 1.165) is 29.7 Å². The van der Waals surface area contributed by atoms with Gasteiger partial charge in [-0.1, -0.05) is 22.0 Å². The van der Waals surface area contributed by atoms with E-state index in [1.807, 2.05) is 39.2 Å². The number of nitrogens with zero attached hydrogens (tertiary/aromatic N) is 1. The van der Waals surface area contributed by atoms with Crippen LogP contribution in [0.15, 0.2) is 22.7 Å². The van der Waals surface area contributed by atoms with Gasteiger partial charge in [0.2, 0.25) is 5.91 Å². The normalized spacial score (nSPS) is 10.6. The first kappa shape index (κ1) is 16.0. The zero-order valence-corrected chi connectivity index (χ0v) is 13.4. The summed E-state index contributed by atoms with van der Waals surface area (Å²) in [6.07, 6.45) is 0.967. The number of carbonyl (C=O) groups excluding carboxylic acids is 1. The molecule has 0 fully saturated rings. The Morgan fingerprint density at radius 3 is 2.74 bits per heavy atom. The van der Waals surface area contributed by atoms with E-state index in [2.05, 4.69) is 31.5 Å². The van der Waals surface area contributed by atoms with E-state index in [9.17, 15) is 4.79 Å². The fourth-order valence-corrected chi connectivity index (χ4v) is 1.95. The number of halogens is 1. The van der Waals surface area contributed by atoms with Crippen LogP contribution in [0.4, 0.5) is 5.69 Å². The van der Waals surface area contributed by atoms with Gasteiger partial charge in [-0.15, -0.1) is 0 Å². The molecule has 0 radical (unpaired) electrons. The fraction of sp³-hybridized carbons (Fsp3) is 0.500. The zero-order valence-electron chi connectivity index (χ0n) is 11.8. The van der Waals surface area contributed by atoms with Gasteiger partial charge in [0, 0.05) is 16.7 Å². The Balaban J connectivity index is 2.24. The monoisotopic (exact) mass is 327 g/mol. The number of rotatable bonds is 7. The highest BCUT2D eigenvalue weighted by atomic mass is 79.9. The van der Waals surface area contributed by atoms with Gasteiger partial charge in [-0.05, 0) is 51.7 Å². The Hall–Kier alpha value is -1.07. The molecule has 0 aliphatic rings. The maximum absolute atomic E-state index is 11.6. The highest BCUT2D eigenvalue weighted by Gasteiger charge is 2.02. The van der Waals surface area contributed by atoms with Crippen molar-refractivity contribution in [3.05, 3.63) is 28.2 Å². The zero-order chi connectivity index (χ0) is 14.3. The van der Waals surface area contributed by atoms with E-state index >= 15 is 0 Å². The molecule has 0 aliphatic carbocycles. The van der Waals surface area contributed by atoms with E-state index in [0.29, 0.717) is 6.54 Å². The second-order valence-electron chi connectivity index (χ2n) is 4.82. The van der Waals surface area contributed by atoms with Crippen molar-refractivity contribution in [2.45, 2.75) is 13.3 Å². The van der Waals surface area contributed by atoms with Crippen LogP contribution >= 0.6 is 15.9 Å². The lowest BCUT2D eigenvalue weighted by molar-refractivity contribution is -0.119. The molecule has 1 amide bonds. The molecule has 2 N–H and O–H groups in total. The van der Waals surface area contributed by atoms with Crippen LogP contribution in [0.5, 0.6) is 0 Å². The molecule has 19 heavy (non-hydrogen) atoms. The number of hydrogen-bond acceptors (Lipinski definition) is 3. The van der Waals surface area contributed by atoms with Crippen LogP contribution in [-0.2, 0) is 4.79 Å². The van der Waals surface area contributed by atoms with Crippen LogP contribution in [0.2, 0.25) is 0 Å². The average molecular weight is 328 g/mol. The molecule has 0 saturated heterocycles. The van der Waals surface area contributed by atoms with Crippen molar-refractivity contribution in [1.82, 2.24) is 10.2 Å². The van der Waals surface area contributed by atoms with Crippen molar-refractivity contribution in [1.29, 1.82) is 0 Å². The van der Waals surface area contributed by atoms with E-state index in [1.165, 1.54) is 5.56 Å². The quantitative estimate of drug-likeness (QED) is 0.755. The molecule has 106 valence electrons. The lowest BCUT2D eigenvalue weighted by Crippen LogP contribution is -2.31. The number of carbonyl (C=O) groups is 1. The van der Waals surface area contributed by atoms with Crippen molar-refractivity contribution in [3.8, 4) is 0 Å². The lowest BCUT2D eigenvalue weighted by Gasteiger charge is -2.11. The molecule has 0 heterocycles. The maximum Gasteiger partial charge on any atom is 0.239 e. The molecule has 0 bridgehead atoms. The predicted octanol–water partition coefficient (Wildman–Crippen LogP) is 2.24. The summed E-state index contributed by atoms with van der Waals surface area (Å²) in [6.45, 7) is 4.04. The largest absolute Gasteiger partial charge is 0.376 e. The molecule has 4 nitrogen and oxygen atoms in total. The number of amides is 1. The third-order valence-corrected chi connectivity index (χ3v) is 3.58. The first-order valence-corrected chi connectivity index (χ1v) is 7.20. The van der Waals surface area contributed by atoms with Crippen molar-refractivity contribution in [2.24, 2.45) is 0 Å². The minimum Gasteiger partial charge on any atom is -0.376 e. The molecule has 0 spiro atoms.